The van der Waals surface area contributed by atoms with Gasteiger partial charge in [0.2, 0.25) is 0 Å². The van der Waals surface area contributed by atoms with Gasteiger partial charge < -0.3 is 0 Å². The van der Waals surface area contributed by atoms with Gasteiger partial charge in [-0.15, -0.1) is 0 Å². The number of carbonyl (C=O) groups is 1. The molecular formula is C24H23BrNO+. The van der Waals surface area contributed by atoms with E-state index in [-0.39, 0.29) is 5.92 Å². The predicted molar refractivity (Wildman–Crippen MR) is 111 cm³/mol. The Morgan fingerprint density at radius 1 is 1.07 bits per heavy atom. The fourth-order valence-electron chi connectivity index (χ4n) is 3.88. The van der Waals surface area contributed by atoms with Crippen molar-refractivity contribution in [2.45, 2.75) is 33.2 Å². The lowest BCUT2D eigenvalue weighted by Crippen LogP contribution is -2.33. The van der Waals surface area contributed by atoms with Crippen LogP contribution < -0.4 is 4.57 Å². The van der Waals surface area contributed by atoms with E-state index in [2.05, 4.69) is 89.2 Å². The molecule has 3 heteroatoms. The molecule has 27 heavy (non-hydrogen) atoms. The second kappa shape index (κ2) is 7.40. The maximum Gasteiger partial charge on any atom is 0.183 e. The van der Waals surface area contributed by atoms with E-state index in [0.29, 0.717) is 5.78 Å². The highest BCUT2D eigenvalue weighted by atomic mass is 79.9. The van der Waals surface area contributed by atoms with E-state index < -0.39 is 0 Å². The van der Waals surface area contributed by atoms with Crippen LogP contribution in [0.1, 0.15) is 38.2 Å². The molecule has 2 aromatic carbocycles. The molecule has 4 rings (SSSR count). The van der Waals surface area contributed by atoms with Crippen LogP contribution in [0.4, 0.5) is 0 Å². The quantitative estimate of drug-likeness (QED) is 0.544. The Morgan fingerprint density at radius 2 is 1.81 bits per heavy atom. The van der Waals surface area contributed by atoms with Gasteiger partial charge in [-0.2, -0.15) is 4.57 Å². The zero-order valence-electron chi connectivity index (χ0n) is 15.7. The number of fused-ring (bicyclic) bond motifs is 1. The second-order valence-electron chi connectivity index (χ2n) is 7.54. The molecule has 1 aliphatic carbocycles. The molecule has 0 fully saturated rings. The summed E-state index contributed by atoms with van der Waals surface area (Å²) in [5, 5.41) is 0. The Morgan fingerprint density at radius 3 is 2.56 bits per heavy atom. The van der Waals surface area contributed by atoms with Crippen molar-refractivity contribution in [3.8, 4) is 0 Å². The largest absolute Gasteiger partial charge is 0.294 e. The minimum atomic E-state index is 0.0440. The van der Waals surface area contributed by atoms with Crippen molar-refractivity contribution in [2.75, 3.05) is 0 Å². The minimum absolute atomic E-state index is 0.0440. The number of nitrogens with zero attached hydrogens (tertiary/aromatic N) is 1. The number of Topliss-reactive ketones (excluding diaryl/α,β-unsaturated/α-hetero) is 1. The van der Waals surface area contributed by atoms with E-state index in [1.165, 1.54) is 27.8 Å². The molecule has 0 saturated heterocycles. The number of aryl methyl sites for hydroxylation is 2. The number of hydrogen-bond acceptors (Lipinski definition) is 1. The minimum Gasteiger partial charge on any atom is -0.294 e. The molecule has 0 saturated carbocycles. The van der Waals surface area contributed by atoms with Gasteiger partial charge in [0.25, 0.3) is 0 Å². The SMILES string of the molecule is Cc1cc2c(cc1C)C(=O)C(Cc1cc[n+](Cc3ccccc3)cc1Br)C2. The van der Waals surface area contributed by atoms with Crippen LogP contribution >= 0.6 is 15.9 Å². The average Bonchev–Trinajstić information content (AvgIpc) is 2.94. The van der Waals surface area contributed by atoms with E-state index in [1.807, 2.05) is 6.07 Å². The van der Waals surface area contributed by atoms with Gasteiger partial charge in [0, 0.05) is 23.1 Å². The molecule has 1 unspecified atom stereocenters. The summed E-state index contributed by atoms with van der Waals surface area (Å²) in [6.45, 7) is 5.04. The average molecular weight is 421 g/mol. The van der Waals surface area contributed by atoms with E-state index in [4.69, 9.17) is 0 Å². The van der Waals surface area contributed by atoms with Gasteiger partial charge in [-0.25, -0.2) is 0 Å². The fourth-order valence-corrected chi connectivity index (χ4v) is 4.43. The van der Waals surface area contributed by atoms with Crippen molar-refractivity contribution in [1.29, 1.82) is 0 Å². The molecule has 0 spiro atoms. The standard InChI is InChI=1S/C24H23BrNO/c1-16-10-20-13-21(24(27)22(20)11-17(16)2)12-19-8-9-26(15-23(19)25)14-18-6-4-3-5-7-18/h3-11,15,21H,12-14H2,1-2H3/q+1. The molecule has 1 heterocycles. The van der Waals surface area contributed by atoms with Gasteiger partial charge in [-0.1, -0.05) is 36.4 Å². The number of pyridine rings is 1. The van der Waals surface area contributed by atoms with Crippen molar-refractivity contribution in [2.24, 2.45) is 5.92 Å². The van der Waals surface area contributed by atoms with Crippen LogP contribution in [0.5, 0.6) is 0 Å². The number of halogens is 1. The molecule has 0 radical (unpaired) electrons. The van der Waals surface area contributed by atoms with Crippen LogP contribution in [0.3, 0.4) is 0 Å². The third-order valence-electron chi connectivity index (χ3n) is 5.55. The number of ketones is 1. The summed E-state index contributed by atoms with van der Waals surface area (Å²) < 4.78 is 3.23. The molecular weight excluding hydrogens is 398 g/mol. The van der Waals surface area contributed by atoms with Crippen LogP contribution in [0.15, 0.2) is 65.4 Å². The van der Waals surface area contributed by atoms with Crippen LogP contribution in [-0.2, 0) is 19.4 Å². The third-order valence-corrected chi connectivity index (χ3v) is 6.26. The molecule has 136 valence electrons. The Labute approximate surface area is 169 Å². The molecule has 1 atom stereocenters. The summed E-state index contributed by atoms with van der Waals surface area (Å²) in [5.74, 6) is 0.337. The van der Waals surface area contributed by atoms with Crippen molar-refractivity contribution in [3.05, 3.63) is 98.8 Å². The van der Waals surface area contributed by atoms with Gasteiger partial charge in [-0.3, -0.25) is 4.79 Å². The molecule has 1 aromatic heterocycles. The van der Waals surface area contributed by atoms with Crippen molar-refractivity contribution in [3.63, 3.8) is 0 Å². The van der Waals surface area contributed by atoms with Crippen LogP contribution in [0, 0.1) is 19.8 Å². The summed E-state index contributed by atoms with van der Waals surface area (Å²) in [6.07, 6.45) is 5.84. The number of benzene rings is 2. The molecule has 1 aliphatic rings. The summed E-state index contributed by atoms with van der Waals surface area (Å²) >= 11 is 3.71. The lowest BCUT2D eigenvalue weighted by molar-refractivity contribution is -0.689. The number of rotatable bonds is 4. The Hall–Kier alpha value is -2.26. The highest BCUT2D eigenvalue weighted by Gasteiger charge is 2.31. The third kappa shape index (κ3) is 3.74. The molecule has 0 bridgehead atoms. The maximum atomic E-state index is 12.9. The van der Waals surface area contributed by atoms with Crippen LogP contribution in [-0.4, -0.2) is 5.78 Å². The maximum absolute atomic E-state index is 12.9. The van der Waals surface area contributed by atoms with E-state index in [9.17, 15) is 4.79 Å². The van der Waals surface area contributed by atoms with Gasteiger partial charge >= 0.3 is 0 Å². The topological polar surface area (TPSA) is 20.9 Å². The first kappa shape index (κ1) is 18.1. The zero-order valence-corrected chi connectivity index (χ0v) is 17.3. The molecule has 3 aromatic rings. The Balaban J connectivity index is 1.51. The Kier molecular flexibility index (Phi) is 4.96. The highest BCUT2D eigenvalue weighted by Crippen LogP contribution is 2.32. The van der Waals surface area contributed by atoms with Gasteiger partial charge in [0.1, 0.15) is 0 Å². The molecule has 2 nitrogen and oxygen atoms in total. The molecule has 0 aliphatic heterocycles. The summed E-state index contributed by atoms with van der Waals surface area (Å²) in [6, 6.07) is 16.8. The van der Waals surface area contributed by atoms with Crippen LogP contribution in [0.25, 0.3) is 0 Å². The number of hydrogen-bond donors (Lipinski definition) is 0. The second-order valence-corrected chi connectivity index (χ2v) is 8.39. The predicted octanol–water partition coefficient (Wildman–Crippen LogP) is 5.00. The Bertz CT molecular complexity index is 1010. The lowest BCUT2D eigenvalue weighted by atomic mass is 9.96. The highest BCUT2D eigenvalue weighted by molar-refractivity contribution is 9.10. The van der Waals surface area contributed by atoms with Gasteiger partial charge in [0.15, 0.2) is 24.7 Å². The van der Waals surface area contributed by atoms with E-state index >= 15 is 0 Å². The fraction of sp³-hybridized carbons (Fsp3) is 0.250. The summed E-state index contributed by atoms with van der Waals surface area (Å²) in [4.78, 5) is 12.9. The van der Waals surface area contributed by atoms with E-state index in [0.717, 1.165) is 29.4 Å². The number of aromatic nitrogens is 1. The first-order chi connectivity index (χ1) is 13.0. The van der Waals surface area contributed by atoms with Crippen molar-refractivity contribution < 1.29 is 9.36 Å². The summed E-state index contributed by atoms with van der Waals surface area (Å²) in [7, 11) is 0. The van der Waals surface area contributed by atoms with Gasteiger partial charge in [-0.05, 0) is 70.9 Å². The van der Waals surface area contributed by atoms with Crippen LogP contribution in [0.2, 0.25) is 0 Å². The lowest BCUT2D eigenvalue weighted by Gasteiger charge is -2.09. The van der Waals surface area contributed by atoms with E-state index in [1.54, 1.807) is 0 Å². The van der Waals surface area contributed by atoms with Crippen molar-refractivity contribution >= 4 is 21.7 Å². The molecule has 0 amide bonds. The first-order valence-electron chi connectivity index (χ1n) is 9.37. The zero-order chi connectivity index (χ0) is 19.0. The smallest absolute Gasteiger partial charge is 0.183 e. The monoisotopic (exact) mass is 420 g/mol. The van der Waals surface area contributed by atoms with Gasteiger partial charge in [0.05, 0.1) is 4.47 Å². The summed E-state index contributed by atoms with van der Waals surface area (Å²) in [5.41, 5.74) is 7.07. The van der Waals surface area contributed by atoms with Crippen molar-refractivity contribution in [1.82, 2.24) is 0 Å². The number of carbonyl (C=O) groups excluding carboxylic acids is 1. The molecule has 0 N–H and O–H groups in total. The normalized spacial score (nSPS) is 15.8. The first-order valence-corrected chi connectivity index (χ1v) is 10.2.